The fraction of sp³-hybridized carbons (Fsp3) is 0.375. The first-order chi connectivity index (χ1) is 15.5. The molecule has 0 saturated carbocycles. The minimum absolute atomic E-state index is 0.0118. The monoisotopic (exact) mass is 437 g/mol. The summed E-state index contributed by atoms with van der Waals surface area (Å²) < 4.78 is 12.3. The van der Waals surface area contributed by atoms with Crippen molar-refractivity contribution in [1.29, 1.82) is 0 Å². The lowest BCUT2D eigenvalue weighted by Gasteiger charge is -2.30. The summed E-state index contributed by atoms with van der Waals surface area (Å²) in [7, 11) is 3.27. The van der Waals surface area contributed by atoms with Crippen LogP contribution in [0.25, 0.3) is 5.69 Å². The molecule has 0 spiro atoms. The van der Waals surface area contributed by atoms with E-state index in [9.17, 15) is 4.79 Å². The number of hydrogen-bond acceptors (Lipinski definition) is 6. The highest BCUT2D eigenvalue weighted by Gasteiger charge is 2.22. The molecule has 170 valence electrons. The Bertz CT molecular complexity index is 1050. The number of benzene rings is 2. The van der Waals surface area contributed by atoms with Crippen LogP contribution in [0.15, 0.2) is 48.5 Å². The number of carbonyl (C=O) groups excluding carboxylic acids is 1. The van der Waals surface area contributed by atoms with Crippen LogP contribution in [-0.4, -0.2) is 59.7 Å². The summed E-state index contributed by atoms with van der Waals surface area (Å²) in [5.41, 5.74) is 2.84. The number of nitrogens with zero attached hydrogens (tertiary/aromatic N) is 4. The third-order valence-electron chi connectivity index (χ3n) is 5.60. The third-order valence-corrected chi connectivity index (χ3v) is 5.60. The number of rotatable bonds is 10. The standard InChI is InChI=1S/C24H31N5O3/c1-6-28(7-2)22(18-10-8-12-20(14-18)31-4)16-25-24(30)23-17(3)29(27-26-23)19-11-9-13-21(15-19)32-5/h8-15,22H,6-7,16H2,1-5H3,(H,25,30). The molecular weight excluding hydrogens is 406 g/mol. The van der Waals surface area contributed by atoms with Crippen molar-refractivity contribution in [2.24, 2.45) is 0 Å². The fourth-order valence-electron chi connectivity index (χ4n) is 3.77. The Labute approximate surface area is 189 Å². The molecule has 0 bridgehead atoms. The van der Waals surface area contributed by atoms with Gasteiger partial charge in [0.2, 0.25) is 0 Å². The van der Waals surface area contributed by atoms with Gasteiger partial charge in [-0.2, -0.15) is 0 Å². The van der Waals surface area contributed by atoms with Gasteiger partial charge in [0, 0.05) is 12.6 Å². The predicted molar refractivity (Wildman–Crippen MR) is 124 cm³/mol. The number of aromatic nitrogens is 3. The van der Waals surface area contributed by atoms with Crippen molar-refractivity contribution in [2.75, 3.05) is 33.9 Å². The molecule has 0 radical (unpaired) electrons. The van der Waals surface area contributed by atoms with Gasteiger partial charge in [-0.15, -0.1) is 5.10 Å². The molecule has 3 aromatic rings. The van der Waals surface area contributed by atoms with Crippen molar-refractivity contribution in [2.45, 2.75) is 26.8 Å². The van der Waals surface area contributed by atoms with E-state index in [0.29, 0.717) is 23.7 Å². The van der Waals surface area contributed by atoms with Crippen LogP contribution >= 0.6 is 0 Å². The topological polar surface area (TPSA) is 81.5 Å². The van der Waals surface area contributed by atoms with Crippen molar-refractivity contribution in [1.82, 2.24) is 25.2 Å². The average Bonchev–Trinajstić information content (AvgIpc) is 3.22. The van der Waals surface area contributed by atoms with Crippen LogP contribution in [0.5, 0.6) is 11.5 Å². The van der Waals surface area contributed by atoms with Crippen LogP contribution in [0.3, 0.4) is 0 Å². The number of carbonyl (C=O) groups is 1. The summed E-state index contributed by atoms with van der Waals surface area (Å²) in [5, 5.41) is 11.4. The van der Waals surface area contributed by atoms with Gasteiger partial charge in [0.15, 0.2) is 5.69 Å². The lowest BCUT2D eigenvalue weighted by molar-refractivity contribution is 0.0929. The maximum atomic E-state index is 13.0. The van der Waals surface area contributed by atoms with Gasteiger partial charge in [0.1, 0.15) is 11.5 Å². The number of likely N-dealkylation sites (N-methyl/N-ethyl adjacent to an activating group) is 1. The molecule has 8 nitrogen and oxygen atoms in total. The second-order valence-electron chi connectivity index (χ2n) is 7.36. The lowest BCUT2D eigenvalue weighted by Crippen LogP contribution is -2.38. The molecule has 1 atom stereocenters. The van der Waals surface area contributed by atoms with Crippen LogP contribution < -0.4 is 14.8 Å². The van der Waals surface area contributed by atoms with Gasteiger partial charge in [-0.05, 0) is 49.8 Å². The molecule has 1 heterocycles. The van der Waals surface area contributed by atoms with Crippen molar-refractivity contribution < 1.29 is 14.3 Å². The Balaban J connectivity index is 1.80. The van der Waals surface area contributed by atoms with Gasteiger partial charge in [0.25, 0.3) is 5.91 Å². The van der Waals surface area contributed by atoms with Gasteiger partial charge in [-0.1, -0.05) is 37.3 Å². The molecule has 32 heavy (non-hydrogen) atoms. The Hall–Kier alpha value is -3.39. The van der Waals surface area contributed by atoms with E-state index in [1.54, 1.807) is 18.9 Å². The smallest absolute Gasteiger partial charge is 0.273 e. The molecule has 0 fully saturated rings. The third kappa shape index (κ3) is 5.08. The highest BCUT2D eigenvalue weighted by atomic mass is 16.5. The normalized spacial score (nSPS) is 11.9. The summed E-state index contributed by atoms with van der Waals surface area (Å²) >= 11 is 0. The van der Waals surface area contributed by atoms with E-state index >= 15 is 0 Å². The van der Waals surface area contributed by atoms with E-state index in [0.717, 1.165) is 30.1 Å². The van der Waals surface area contributed by atoms with Gasteiger partial charge >= 0.3 is 0 Å². The average molecular weight is 438 g/mol. The van der Waals surface area contributed by atoms with Gasteiger partial charge in [0.05, 0.1) is 31.6 Å². The van der Waals surface area contributed by atoms with E-state index in [2.05, 4.69) is 40.4 Å². The van der Waals surface area contributed by atoms with Crippen molar-refractivity contribution in [3.63, 3.8) is 0 Å². The second-order valence-corrected chi connectivity index (χ2v) is 7.36. The van der Waals surface area contributed by atoms with E-state index in [-0.39, 0.29) is 11.9 Å². The molecule has 8 heteroatoms. The van der Waals surface area contributed by atoms with Crippen molar-refractivity contribution in [3.8, 4) is 17.2 Å². The zero-order valence-electron chi connectivity index (χ0n) is 19.3. The van der Waals surface area contributed by atoms with Crippen LogP contribution in [0.4, 0.5) is 0 Å². The van der Waals surface area contributed by atoms with Gasteiger partial charge < -0.3 is 14.8 Å². The summed E-state index contributed by atoms with van der Waals surface area (Å²) in [6.07, 6.45) is 0. The highest BCUT2D eigenvalue weighted by molar-refractivity contribution is 5.93. The summed E-state index contributed by atoms with van der Waals surface area (Å²) in [4.78, 5) is 15.3. The summed E-state index contributed by atoms with van der Waals surface area (Å²) in [6, 6.07) is 15.4. The Morgan fingerprint density at radius 2 is 1.72 bits per heavy atom. The van der Waals surface area contributed by atoms with Crippen LogP contribution in [-0.2, 0) is 0 Å². The summed E-state index contributed by atoms with van der Waals surface area (Å²) in [6.45, 7) is 8.22. The van der Waals surface area contributed by atoms with E-state index in [1.165, 1.54) is 0 Å². The molecule has 0 aliphatic heterocycles. The molecule has 0 aliphatic carbocycles. The highest BCUT2D eigenvalue weighted by Crippen LogP contribution is 2.24. The SMILES string of the molecule is CCN(CC)C(CNC(=O)c1nnn(-c2cccc(OC)c2)c1C)c1cccc(OC)c1. The maximum Gasteiger partial charge on any atom is 0.273 e. The van der Waals surface area contributed by atoms with Crippen molar-refractivity contribution in [3.05, 3.63) is 65.5 Å². The first-order valence-electron chi connectivity index (χ1n) is 10.7. The minimum Gasteiger partial charge on any atom is -0.497 e. The molecule has 1 unspecified atom stereocenters. The summed E-state index contributed by atoms with van der Waals surface area (Å²) in [5.74, 6) is 1.25. The number of ether oxygens (including phenoxy) is 2. The van der Waals surface area contributed by atoms with E-state index < -0.39 is 0 Å². The minimum atomic E-state index is -0.253. The molecule has 1 aromatic heterocycles. The zero-order chi connectivity index (χ0) is 23.1. The molecule has 3 rings (SSSR count). The van der Waals surface area contributed by atoms with Gasteiger partial charge in [-0.3, -0.25) is 9.69 Å². The number of amides is 1. The Morgan fingerprint density at radius 3 is 2.38 bits per heavy atom. The lowest BCUT2D eigenvalue weighted by atomic mass is 10.0. The first-order valence-corrected chi connectivity index (χ1v) is 10.7. The molecule has 1 amide bonds. The van der Waals surface area contributed by atoms with E-state index in [4.69, 9.17) is 9.47 Å². The zero-order valence-corrected chi connectivity index (χ0v) is 19.3. The number of nitrogens with one attached hydrogen (secondary N) is 1. The van der Waals surface area contributed by atoms with Crippen LogP contribution in [0.2, 0.25) is 0 Å². The van der Waals surface area contributed by atoms with E-state index in [1.807, 2.05) is 49.4 Å². The first kappa shape index (κ1) is 23.3. The van der Waals surface area contributed by atoms with Crippen molar-refractivity contribution >= 4 is 5.91 Å². The quantitative estimate of drug-likeness (QED) is 0.524. The molecule has 2 aromatic carbocycles. The molecule has 1 N–H and O–H groups in total. The van der Waals surface area contributed by atoms with Crippen LogP contribution in [0.1, 0.15) is 41.6 Å². The molecule has 0 saturated heterocycles. The largest absolute Gasteiger partial charge is 0.497 e. The predicted octanol–water partition coefficient (Wildman–Crippen LogP) is 3.41. The van der Waals surface area contributed by atoms with Crippen LogP contribution in [0, 0.1) is 6.92 Å². The number of methoxy groups -OCH3 is 2. The molecule has 0 aliphatic rings. The fourth-order valence-corrected chi connectivity index (χ4v) is 3.77. The maximum absolute atomic E-state index is 13.0. The second kappa shape index (κ2) is 10.8. The number of hydrogen-bond donors (Lipinski definition) is 1. The molecular formula is C24H31N5O3. The Morgan fingerprint density at radius 1 is 1.06 bits per heavy atom. The Kier molecular flexibility index (Phi) is 7.83. The van der Waals surface area contributed by atoms with Gasteiger partial charge in [-0.25, -0.2) is 4.68 Å².